The van der Waals surface area contributed by atoms with E-state index in [-0.39, 0.29) is 0 Å². The minimum absolute atomic E-state index is 0.472. The molecule has 20 heavy (non-hydrogen) atoms. The Labute approximate surface area is 127 Å². The van der Waals surface area contributed by atoms with Gasteiger partial charge in [-0.3, -0.25) is 0 Å². The lowest BCUT2D eigenvalue weighted by atomic mass is 9.97. The molecule has 4 nitrogen and oxygen atoms in total. The van der Waals surface area contributed by atoms with Crippen molar-refractivity contribution < 1.29 is 4.52 Å². The summed E-state index contributed by atoms with van der Waals surface area (Å²) >= 11 is 7.50. The Bertz CT molecular complexity index is 593. The van der Waals surface area contributed by atoms with Crippen LogP contribution in [0.2, 0.25) is 5.02 Å². The average Bonchev–Trinajstić information content (AvgIpc) is 3.18. The van der Waals surface area contributed by atoms with Crippen molar-refractivity contribution in [3.8, 4) is 0 Å². The highest BCUT2D eigenvalue weighted by Crippen LogP contribution is 2.43. The van der Waals surface area contributed by atoms with Crippen LogP contribution >= 0.6 is 23.4 Å². The lowest BCUT2D eigenvalue weighted by Gasteiger charge is -2.18. The number of hydrogen-bond donors (Lipinski definition) is 1. The van der Waals surface area contributed by atoms with Gasteiger partial charge in [-0.25, -0.2) is 0 Å². The number of nitrogens with zero attached hydrogens (tertiary/aromatic N) is 2. The van der Waals surface area contributed by atoms with Gasteiger partial charge in [0.05, 0.1) is 11.3 Å². The molecule has 1 saturated carbocycles. The molecule has 0 spiro atoms. The maximum Gasteiger partial charge on any atom is 0.246 e. The highest BCUT2D eigenvalue weighted by Gasteiger charge is 2.43. The normalized spacial score (nSPS) is 17.9. The smallest absolute Gasteiger partial charge is 0.246 e. The van der Waals surface area contributed by atoms with Gasteiger partial charge in [0.1, 0.15) is 0 Å². The van der Waals surface area contributed by atoms with Crippen LogP contribution in [0.15, 0.2) is 33.7 Å². The fourth-order valence-electron chi connectivity index (χ4n) is 2.07. The zero-order chi connectivity index (χ0) is 14.2. The van der Waals surface area contributed by atoms with Gasteiger partial charge in [0.15, 0.2) is 5.82 Å². The van der Waals surface area contributed by atoms with Crippen LogP contribution in [0.3, 0.4) is 0 Å². The molecule has 2 N–H and O–H groups in total. The summed E-state index contributed by atoms with van der Waals surface area (Å²) in [5, 5.41) is 4.75. The van der Waals surface area contributed by atoms with E-state index in [2.05, 4.69) is 10.1 Å². The van der Waals surface area contributed by atoms with E-state index >= 15 is 0 Å². The molecule has 1 fully saturated rings. The van der Waals surface area contributed by atoms with Gasteiger partial charge in [-0.15, -0.1) is 11.8 Å². The zero-order valence-electron chi connectivity index (χ0n) is 11.2. The van der Waals surface area contributed by atoms with E-state index in [1.54, 1.807) is 11.8 Å². The Balaban J connectivity index is 1.64. The van der Waals surface area contributed by atoms with Gasteiger partial charge < -0.3 is 10.3 Å². The second-order valence-electron chi connectivity index (χ2n) is 5.32. The number of rotatable bonds is 5. The Morgan fingerprint density at radius 1 is 1.40 bits per heavy atom. The first kappa shape index (κ1) is 13.9. The minimum atomic E-state index is -0.490. The molecule has 106 valence electrons. The van der Waals surface area contributed by atoms with E-state index < -0.39 is 5.54 Å². The van der Waals surface area contributed by atoms with Crippen LogP contribution in [0.5, 0.6) is 0 Å². The number of benzene rings is 1. The van der Waals surface area contributed by atoms with E-state index in [1.165, 1.54) is 0 Å². The van der Waals surface area contributed by atoms with Crippen molar-refractivity contribution in [1.82, 2.24) is 10.1 Å². The fourth-order valence-corrected chi connectivity index (χ4v) is 2.94. The molecule has 3 rings (SSSR count). The number of aromatic nitrogens is 2. The summed E-state index contributed by atoms with van der Waals surface area (Å²) in [4.78, 5) is 5.55. The third-order valence-corrected chi connectivity index (χ3v) is 4.80. The topological polar surface area (TPSA) is 64.9 Å². The van der Waals surface area contributed by atoms with Crippen molar-refractivity contribution in [2.24, 2.45) is 11.7 Å². The Hall–Kier alpha value is -1.04. The molecule has 1 aliphatic rings. The monoisotopic (exact) mass is 309 g/mol. The summed E-state index contributed by atoms with van der Waals surface area (Å²) in [6, 6.07) is 7.70. The molecule has 0 aliphatic heterocycles. The second-order valence-corrected chi connectivity index (χ2v) is 6.80. The van der Waals surface area contributed by atoms with Crippen molar-refractivity contribution in [2.45, 2.75) is 36.0 Å². The van der Waals surface area contributed by atoms with Gasteiger partial charge in [-0.2, -0.15) is 4.98 Å². The molecule has 1 aromatic heterocycles. The summed E-state index contributed by atoms with van der Waals surface area (Å²) in [6.45, 7) is 1.97. The predicted octanol–water partition coefficient (Wildman–Crippen LogP) is 3.60. The molecular formula is C14H16ClN3OS. The van der Waals surface area contributed by atoms with Gasteiger partial charge >= 0.3 is 0 Å². The quantitative estimate of drug-likeness (QED) is 0.855. The summed E-state index contributed by atoms with van der Waals surface area (Å²) < 4.78 is 5.32. The molecule has 1 unspecified atom stereocenters. The van der Waals surface area contributed by atoms with E-state index in [4.69, 9.17) is 21.9 Å². The van der Waals surface area contributed by atoms with Gasteiger partial charge in [0, 0.05) is 9.92 Å². The van der Waals surface area contributed by atoms with Gasteiger partial charge in [-0.05, 0) is 49.9 Å². The molecule has 1 heterocycles. The predicted molar refractivity (Wildman–Crippen MR) is 79.6 cm³/mol. The first-order valence-corrected chi connectivity index (χ1v) is 7.92. The Morgan fingerprint density at radius 3 is 2.75 bits per heavy atom. The molecule has 0 radical (unpaired) electrons. The minimum Gasteiger partial charge on any atom is -0.337 e. The molecule has 0 saturated heterocycles. The summed E-state index contributed by atoms with van der Waals surface area (Å²) in [5.41, 5.74) is 5.77. The zero-order valence-corrected chi connectivity index (χ0v) is 12.7. The number of thioether (sulfide) groups is 1. The molecule has 1 aromatic carbocycles. The van der Waals surface area contributed by atoms with Gasteiger partial charge in [0.2, 0.25) is 5.89 Å². The maximum absolute atomic E-state index is 6.26. The molecule has 2 aromatic rings. The Morgan fingerprint density at radius 2 is 2.10 bits per heavy atom. The highest BCUT2D eigenvalue weighted by molar-refractivity contribution is 7.98. The number of halogens is 1. The molecule has 1 aliphatic carbocycles. The van der Waals surface area contributed by atoms with Crippen LogP contribution in [-0.4, -0.2) is 10.1 Å². The standard InChI is InChI=1S/C14H16ClN3OS/c1-14(16,9-2-3-9)13-17-12(18-19-13)8-20-11-6-4-10(15)5-7-11/h4-7,9H,2-3,8,16H2,1H3. The Kier molecular flexibility index (Phi) is 3.75. The molecular weight excluding hydrogens is 294 g/mol. The number of hydrogen-bond acceptors (Lipinski definition) is 5. The van der Waals surface area contributed by atoms with Crippen LogP contribution in [0.1, 0.15) is 31.5 Å². The lowest BCUT2D eigenvalue weighted by molar-refractivity contribution is 0.272. The van der Waals surface area contributed by atoms with Crippen molar-refractivity contribution in [3.05, 3.63) is 41.0 Å². The lowest BCUT2D eigenvalue weighted by Crippen LogP contribution is -2.35. The van der Waals surface area contributed by atoms with E-state index in [0.717, 1.165) is 22.8 Å². The third kappa shape index (κ3) is 3.00. The van der Waals surface area contributed by atoms with E-state index in [9.17, 15) is 0 Å². The van der Waals surface area contributed by atoms with Gasteiger partial charge in [-0.1, -0.05) is 16.8 Å². The van der Waals surface area contributed by atoms with Crippen LogP contribution < -0.4 is 5.73 Å². The van der Waals surface area contributed by atoms with E-state index in [0.29, 0.717) is 23.4 Å². The first-order chi connectivity index (χ1) is 9.55. The largest absolute Gasteiger partial charge is 0.337 e. The SMILES string of the molecule is CC(N)(c1nc(CSc2ccc(Cl)cc2)no1)C1CC1. The molecule has 0 bridgehead atoms. The second kappa shape index (κ2) is 5.39. The van der Waals surface area contributed by atoms with Crippen LogP contribution in [0, 0.1) is 5.92 Å². The van der Waals surface area contributed by atoms with Crippen LogP contribution in [0.25, 0.3) is 0 Å². The number of nitrogens with two attached hydrogens (primary N) is 1. The van der Waals surface area contributed by atoms with Crippen LogP contribution in [-0.2, 0) is 11.3 Å². The van der Waals surface area contributed by atoms with Crippen molar-refractivity contribution >= 4 is 23.4 Å². The molecule has 6 heteroatoms. The average molecular weight is 310 g/mol. The summed E-state index contributed by atoms with van der Waals surface area (Å²) in [5.74, 6) is 2.36. The van der Waals surface area contributed by atoms with E-state index in [1.807, 2.05) is 31.2 Å². The van der Waals surface area contributed by atoms with Crippen molar-refractivity contribution in [1.29, 1.82) is 0 Å². The van der Waals surface area contributed by atoms with Crippen molar-refractivity contribution in [2.75, 3.05) is 0 Å². The summed E-state index contributed by atoms with van der Waals surface area (Å²) in [6.07, 6.45) is 2.29. The third-order valence-electron chi connectivity index (χ3n) is 3.54. The summed E-state index contributed by atoms with van der Waals surface area (Å²) in [7, 11) is 0. The molecule has 1 atom stereocenters. The van der Waals surface area contributed by atoms with Gasteiger partial charge in [0.25, 0.3) is 0 Å². The maximum atomic E-state index is 6.26. The van der Waals surface area contributed by atoms with Crippen LogP contribution in [0.4, 0.5) is 0 Å². The fraction of sp³-hybridized carbons (Fsp3) is 0.429. The highest BCUT2D eigenvalue weighted by atomic mass is 35.5. The van der Waals surface area contributed by atoms with Crippen molar-refractivity contribution in [3.63, 3.8) is 0 Å². The first-order valence-electron chi connectivity index (χ1n) is 6.56. The molecule has 0 amide bonds.